The molecule has 139 heavy (non-hydrogen) atoms. The average Bonchev–Trinajstić information content (AvgIpc) is 1.57. The van der Waals surface area contributed by atoms with Gasteiger partial charge in [0.1, 0.15) is 0 Å². The van der Waals surface area contributed by atoms with Crippen LogP contribution in [0.15, 0.2) is 419 Å². The normalized spacial score (nSPS) is 14.2. The molecule has 0 aliphatic carbocycles. The zero-order valence-electron chi connectivity index (χ0n) is 79.3. The number of rotatable bonds is 13. The molecule has 0 unspecified atom stereocenters. The second-order valence-electron chi connectivity index (χ2n) is 42.6. The summed E-state index contributed by atoms with van der Waals surface area (Å²) in [7, 11) is 0. The first kappa shape index (κ1) is 80.3. The molecule has 0 radical (unpaired) electrons. The van der Waals surface area contributed by atoms with Crippen molar-refractivity contribution in [3.8, 4) is 84.2 Å². The summed E-state index contributed by atoms with van der Waals surface area (Å²) in [5.41, 5.74) is 48.0. The number of aromatic nitrogens is 3. The molecule has 0 spiro atoms. The van der Waals surface area contributed by atoms with Crippen LogP contribution in [0, 0.1) is 0 Å². The van der Waals surface area contributed by atoms with Crippen LogP contribution in [-0.4, -0.2) is 33.8 Å². The second kappa shape index (κ2) is 29.3. The smallest absolute Gasteiger partial charge is 0.252 e. The van der Waals surface area contributed by atoms with Crippen LogP contribution in [0.4, 0.5) is 17.1 Å². The Kier molecular flexibility index (Phi) is 16.9. The fraction of sp³-hybridized carbons (Fsp3) is 0.106. The van der Waals surface area contributed by atoms with Gasteiger partial charge in [-0.1, -0.05) is 430 Å². The van der Waals surface area contributed by atoms with Crippen molar-refractivity contribution in [3.63, 3.8) is 0 Å². The molecule has 3 aromatic heterocycles. The first-order chi connectivity index (χ1) is 68.0. The summed E-state index contributed by atoms with van der Waals surface area (Å²) < 4.78 is 8.07. The summed E-state index contributed by atoms with van der Waals surface area (Å²) in [4.78, 5) is 2.61. The van der Waals surface area contributed by atoms with Crippen molar-refractivity contribution in [1.29, 1.82) is 0 Å². The molecule has 0 saturated carbocycles. The number of hydrogen-bond donors (Lipinski definition) is 0. The van der Waals surface area contributed by atoms with E-state index in [4.69, 9.17) is 0 Å². The topological polar surface area (TPSA) is 18.0 Å². The third-order valence-electron chi connectivity index (χ3n) is 33.4. The van der Waals surface area contributed by atoms with E-state index in [2.05, 4.69) is 493 Å². The van der Waals surface area contributed by atoms with E-state index in [-0.39, 0.29) is 41.8 Å². The summed E-state index contributed by atoms with van der Waals surface area (Å²) in [6.07, 6.45) is 1.63. The zero-order chi connectivity index (χ0) is 92.5. The van der Waals surface area contributed by atoms with Gasteiger partial charge in [-0.15, -0.1) is 0 Å². The fourth-order valence-electron chi connectivity index (χ4n) is 27.4. The molecule has 0 atom stereocenters. The lowest BCUT2D eigenvalue weighted by atomic mass is 9.30. The number of fused-ring (bicyclic) bond motifs is 19. The van der Waals surface area contributed by atoms with Gasteiger partial charge < -0.3 is 18.6 Å². The molecule has 6 aliphatic rings. The van der Waals surface area contributed by atoms with Crippen molar-refractivity contribution in [3.05, 3.63) is 463 Å². The van der Waals surface area contributed by atoms with Crippen molar-refractivity contribution >= 4 is 162 Å². The van der Waals surface area contributed by atoms with Gasteiger partial charge in [-0.3, -0.25) is 0 Å². The standard InChI is InChI=1S/C132H97B3N4/c1-129(2,78-80-37-31-52-90(71-80)115-99-74-88-49-22-26-55-95(88)117-127(99)137(124(115)85-44-17-11-18-45-85)110-63-34-59-103-120(110)133(117)105-61-30-29-58-101(105)131(103,5)6)92-67-69-102-106(76-92)134-118-96-56-27-23-50-89(96)75-100-116(125(86-46-19-12-20-47-86)138(128(100)118)111-64-35-60-104(121(111)134)132(102,7)8)91-53-32-38-81(72-91)79-130(3,4)93-68-70-109-107(77-93)135-119-97-57-28-24-48-87(97)73-98-114(83-40-13-9-14-41-83)123(84-42-15-10-16-43-84)139(126(98)119)113-66-36-65-112(122(113)135)136(109)108-62-33-51-82-39-21-25-54-94(82)108/h9-77H,78-79H2,1-8H3. The van der Waals surface area contributed by atoms with Crippen molar-refractivity contribution in [1.82, 2.24) is 13.7 Å². The maximum atomic E-state index is 2.73. The van der Waals surface area contributed by atoms with Gasteiger partial charge >= 0.3 is 0 Å². The largest absolute Gasteiger partial charge is 0.311 e. The number of benzene rings is 20. The summed E-state index contributed by atoms with van der Waals surface area (Å²) in [5, 5.41) is 13.9. The number of hydrogen-bond acceptors (Lipinski definition) is 1. The third-order valence-corrected chi connectivity index (χ3v) is 33.4. The minimum absolute atomic E-state index is 0.0642. The van der Waals surface area contributed by atoms with Crippen molar-refractivity contribution in [2.75, 3.05) is 4.90 Å². The maximum absolute atomic E-state index is 2.73. The Labute approximate surface area is 812 Å². The molecule has 0 amide bonds. The highest BCUT2D eigenvalue weighted by atomic mass is 15.2. The molecular weight excluding hydrogens is 1670 g/mol. The van der Waals surface area contributed by atoms with Gasteiger partial charge in [0, 0.05) is 77.5 Å². The van der Waals surface area contributed by atoms with Crippen LogP contribution < -0.4 is 54.1 Å². The minimum atomic E-state index is -0.360. The van der Waals surface area contributed by atoms with E-state index in [1.807, 2.05) is 0 Å². The molecule has 20 aromatic carbocycles. The Hall–Kier alpha value is -15.9. The molecule has 23 aromatic rings. The van der Waals surface area contributed by atoms with E-state index in [0.717, 1.165) is 12.8 Å². The highest BCUT2D eigenvalue weighted by molar-refractivity contribution is 7.02. The lowest BCUT2D eigenvalue weighted by Gasteiger charge is -2.43. The monoisotopic (exact) mass is 1770 g/mol. The molecule has 4 nitrogen and oxygen atoms in total. The summed E-state index contributed by atoms with van der Waals surface area (Å²) >= 11 is 0. The Balaban J connectivity index is 0.575. The van der Waals surface area contributed by atoms with Gasteiger partial charge in [0.25, 0.3) is 6.71 Å². The van der Waals surface area contributed by atoms with Crippen LogP contribution in [0.3, 0.4) is 0 Å². The lowest BCUT2D eigenvalue weighted by Crippen LogP contribution is -2.63. The highest BCUT2D eigenvalue weighted by Crippen LogP contribution is 2.54. The Morgan fingerprint density at radius 3 is 1.06 bits per heavy atom. The molecule has 0 saturated heterocycles. The summed E-state index contributed by atoms with van der Waals surface area (Å²) in [6, 6.07) is 162. The van der Waals surface area contributed by atoms with Crippen LogP contribution >= 0.6 is 0 Å². The fourth-order valence-corrected chi connectivity index (χ4v) is 27.4. The molecule has 0 bridgehead atoms. The first-order valence-electron chi connectivity index (χ1n) is 49.8. The molecule has 0 N–H and O–H groups in total. The van der Waals surface area contributed by atoms with E-state index in [1.165, 1.54) is 271 Å². The van der Waals surface area contributed by atoms with Crippen molar-refractivity contribution in [2.24, 2.45) is 0 Å². The summed E-state index contributed by atoms with van der Waals surface area (Å²) in [5.74, 6) is 0. The van der Waals surface area contributed by atoms with Crippen LogP contribution in [-0.2, 0) is 34.5 Å². The molecule has 7 heteroatoms. The van der Waals surface area contributed by atoms with Crippen LogP contribution in [0.5, 0.6) is 0 Å². The molecule has 654 valence electrons. The Morgan fingerprint density at radius 1 is 0.223 bits per heavy atom. The molecule has 6 aliphatic heterocycles. The second-order valence-corrected chi connectivity index (χ2v) is 42.6. The van der Waals surface area contributed by atoms with Gasteiger partial charge in [0.15, 0.2) is 0 Å². The number of nitrogens with zero attached hydrogens (tertiary/aromatic N) is 4. The van der Waals surface area contributed by atoms with Gasteiger partial charge in [-0.05, 0) is 232 Å². The third kappa shape index (κ3) is 11.3. The molecule has 0 fully saturated rings. The van der Waals surface area contributed by atoms with Crippen LogP contribution in [0.25, 0.3) is 160 Å². The van der Waals surface area contributed by atoms with E-state index < -0.39 is 0 Å². The molecular formula is C132H97B3N4. The van der Waals surface area contributed by atoms with Gasteiger partial charge in [0.05, 0.1) is 39.3 Å². The van der Waals surface area contributed by atoms with Gasteiger partial charge in [0.2, 0.25) is 13.4 Å². The van der Waals surface area contributed by atoms with Crippen LogP contribution in [0.2, 0.25) is 0 Å². The van der Waals surface area contributed by atoms with E-state index in [9.17, 15) is 0 Å². The van der Waals surface area contributed by atoms with Gasteiger partial charge in [-0.2, -0.15) is 0 Å². The highest BCUT2D eigenvalue weighted by Gasteiger charge is 2.51. The van der Waals surface area contributed by atoms with E-state index in [0.29, 0.717) is 0 Å². The van der Waals surface area contributed by atoms with Gasteiger partial charge in [-0.25, -0.2) is 0 Å². The SMILES string of the molecule is CC(C)(Cc1cccc(-c2c(-c3ccccc3)n3c4c(c5ccccc5cc24)B2c4cc(C(C)(C)Cc5cccc(-c6c(-c7ccccc7)n7c8c(c9ccccc9cc68)B6c8ccccc8C(C)(C)c8cccc-7c86)c5)ccc4C(C)(C)c4cccc-3c42)c1)c1ccc2c(c1)B1c3c(cccc3-n3c(-c4ccccc4)c(-c4ccccc4)c4cc5ccccc5c1c43)N2c1cccc2ccccc12. The first-order valence-corrected chi connectivity index (χ1v) is 49.8. The van der Waals surface area contributed by atoms with E-state index >= 15 is 0 Å². The summed E-state index contributed by atoms with van der Waals surface area (Å²) in [6.45, 7) is 19.7. The predicted molar refractivity (Wildman–Crippen MR) is 592 cm³/mol. The molecule has 29 rings (SSSR count). The predicted octanol–water partition coefficient (Wildman–Crippen LogP) is 26.7. The van der Waals surface area contributed by atoms with E-state index in [1.54, 1.807) is 0 Å². The van der Waals surface area contributed by atoms with Crippen LogP contribution in [0.1, 0.15) is 99.9 Å². The Bertz CT molecular complexity index is 9280. The minimum Gasteiger partial charge on any atom is -0.311 e. The number of anilines is 3. The lowest BCUT2D eigenvalue weighted by molar-refractivity contribution is 0.522. The van der Waals surface area contributed by atoms with Crippen molar-refractivity contribution < 1.29 is 0 Å². The maximum Gasteiger partial charge on any atom is 0.252 e. The van der Waals surface area contributed by atoms with Crippen molar-refractivity contribution in [2.45, 2.75) is 89.9 Å². The Morgan fingerprint density at radius 2 is 0.561 bits per heavy atom. The molecule has 9 heterocycles. The zero-order valence-corrected chi connectivity index (χ0v) is 79.3. The quantitative estimate of drug-likeness (QED) is 0.105. The average molecular weight is 1770 g/mol.